The highest BCUT2D eigenvalue weighted by Crippen LogP contribution is 2.19. The second-order valence-corrected chi connectivity index (χ2v) is 6.11. The largest absolute Gasteiger partial charge is 0.469 e. The molecule has 0 radical (unpaired) electrons. The predicted molar refractivity (Wildman–Crippen MR) is 95.7 cm³/mol. The number of nitrogens with zero attached hydrogens (tertiary/aromatic N) is 5. The molecule has 24 heavy (non-hydrogen) atoms. The highest BCUT2D eigenvalue weighted by Gasteiger charge is 2.22. The quantitative estimate of drug-likeness (QED) is 0.458. The fourth-order valence-corrected chi connectivity index (χ4v) is 3.21. The van der Waals surface area contributed by atoms with Crippen LogP contribution >= 0.6 is 11.5 Å². The first-order valence-corrected chi connectivity index (χ1v) is 9.12. The smallest absolute Gasteiger partial charge is 0.307 e. The van der Waals surface area contributed by atoms with Crippen LogP contribution in [0.15, 0.2) is 4.99 Å². The van der Waals surface area contributed by atoms with E-state index in [4.69, 9.17) is 0 Å². The van der Waals surface area contributed by atoms with Gasteiger partial charge in [0.05, 0.1) is 20.1 Å². The van der Waals surface area contributed by atoms with Gasteiger partial charge >= 0.3 is 5.97 Å². The minimum Gasteiger partial charge on any atom is -0.469 e. The first-order chi connectivity index (χ1) is 11.7. The first kappa shape index (κ1) is 18.4. The fourth-order valence-electron chi connectivity index (χ4n) is 2.41. The maximum atomic E-state index is 11.2. The van der Waals surface area contributed by atoms with Gasteiger partial charge in [-0.15, -0.1) is 0 Å². The Hall–Kier alpha value is -1.90. The van der Waals surface area contributed by atoms with Gasteiger partial charge in [-0.3, -0.25) is 9.79 Å². The topological polar surface area (TPSA) is 83.0 Å². The van der Waals surface area contributed by atoms with Crippen LogP contribution in [0.25, 0.3) is 0 Å². The average molecular weight is 354 g/mol. The van der Waals surface area contributed by atoms with Gasteiger partial charge in [-0.25, -0.2) is 4.98 Å². The second kappa shape index (κ2) is 9.41. The van der Waals surface area contributed by atoms with Crippen LogP contribution in [-0.2, 0) is 16.0 Å². The predicted octanol–water partition coefficient (Wildman–Crippen LogP) is 0.751. The summed E-state index contributed by atoms with van der Waals surface area (Å²) >= 11 is 1.47. The summed E-state index contributed by atoms with van der Waals surface area (Å²) in [6.45, 7) is 8.85. The number of hydrogen-bond acceptors (Lipinski definition) is 7. The van der Waals surface area contributed by atoms with E-state index in [1.54, 1.807) is 0 Å². The maximum Gasteiger partial charge on any atom is 0.307 e. The number of aliphatic imine (C=N–C) groups is 1. The van der Waals surface area contributed by atoms with E-state index in [1.807, 2.05) is 6.92 Å². The molecule has 1 fully saturated rings. The van der Waals surface area contributed by atoms with Crippen molar-refractivity contribution in [2.75, 3.05) is 51.3 Å². The summed E-state index contributed by atoms with van der Waals surface area (Å²) in [5, 5.41) is 4.29. The molecule has 0 bridgehead atoms. The summed E-state index contributed by atoms with van der Waals surface area (Å²) in [7, 11) is 1.40. The van der Waals surface area contributed by atoms with Crippen molar-refractivity contribution in [2.24, 2.45) is 4.99 Å². The average Bonchev–Trinajstić information content (AvgIpc) is 3.10. The molecule has 134 valence electrons. The molecular weight excluding hydrogens is 328 g/mol. The van der Waals surface area contributed by atoms with Crippen LogP contribution in [0.5, 0.6) is 0 Å². The van der Waals surface area contributed by atoms with Crippen molar-refractivity contribution < 1.29 is 9.53 Å². The molecule has 0 saturated carbocycles. The van der Waals surface area contributed by atoms with Crippen LogP contribution < -0.4 is 10.2 Å². The Morgan fingerprint density at radius 1 is 1.33 bits per heavy atom. The normalized spacial score (nSPS) is 15.5. The molecule has 2 rings (SSSR count). The lowest BCUT2D eigenvalue weighted by Gasteiger charge is -2.36. The lowest BCUT2D eigenvalue weighted by molar-refractivity contribution is -0.140. The van der Waals surface area contributed by atoms with E-state index in [1.165, 1.54) is 18.6 Å². The van der Waals surface area contributed by atoms with E-state index < -0.39 is 0 Å². The molecule has 1 aliphatic rings. The van der Waals surface area contributed by atoms with Gasteiger partial charge < -0.3 is 19.9 Å². The number of rotatable bonds is 6. The van der Waals surface area contributed by atoms with Gasteiger partial charge in [0.15, 0.2) is 5.96 Å². The van der Waals surface area contributed by atoms with E-state index in [0.29, 0.717) is 13.0 Å². The van der Waals surface area contributed by atoms with Crippen molar-refractivity contribution in [2.45, 2.75) is 26.7 Å². The number of ether oxygens (including phenoxy) is 1. The van der Waals surface area contributed by atoms with E-state index in [0.717, 1.165) is 56.1 Å². The Labute approximate surface area is 147 Å². The Balaban J connectivity index is 1.89. The zero-order valence-electron chi connectivity index (χ0n) is 14.6. The minimum absolute atomic E-state index is 0.234. The molecule has 1 N–H and O–H groups in total. The van der Waals surface area contributed by atoms with Crippen molar-refractivity contribution in [1.82, 2.24) is 19.6 Å². The molecule has 0 spiro atoms. The number of carbonyl (C=O) groups is 1. The Morgan fingerprint density at radius 2 is 2.08 bits per heavy atom. The number of piperazine rings is 1. The number of guanidine groups is 1. The first-order valence-electron chi connectivity index (χ1n) is 8.35. The van der Waals surface area contributed by atoms with Crippen molar-refractivity contribution in [1.29, 1.82) is 0 Å². The van der Waals surface area contributed by atoms with Crippen molar-refractivity contribution in [3.05, 3.63) is 5.82 Å². The highest BCUT2D eigenvalue weighted by molar-refractivity contribution is 7.09. The Bertz CT molecular complexity index is 554. The summed E-state index contributed by atoms with van der Waals surface area (Å²) in [6.07, 6.45) is 1.17. The molecule has 0 atom stereocenters. The van der Waals surface area contributed by atoms with Crippen LogP contribution in [0.3, 0.4) is 0 Å². The van der Waals surface area contributed by atoms with E-state index in [9.17, 15) is 4.79 Å². The number of methoxy groups -OCH3 is 1. The maximum absolute atomic E-state index is 11.2. The second-order valence-electron chi connectivity index (χ2n) is 5.38. The molecule has 1 aromatic heterocycles. The van der Waals surface area contributed by atoms with Gasteiger partial charge in [-0.05, 0) is 6.92 Å². The number of anilines is 1. The van der Waals surface area contributed by atoms with Gasteiger partial charge in [-0.1, -0.05) is 6.92 Å². The molecule has 1 aliphatic heterocycles. The monoisotopic (exact) mass is 354 g/mol. The van der Waals surface area contributed by atoms with E-state index >= 15 is 0 Å². The third kappa shape index (κ3) is 5.05. The highest BCUT2D eigenvalue weighted by atomic mass is 32.1. The van der Waals surface area contributed by atoms with Crippen molar-refractivity contribution in [3.63, 3.8) is 0 Å². The zero-order chi connectivity index (χ0) is 17.4. The van der Waals surface area contributed by atoms with Crippen LogP contribution in [0.1, 0.15) is 26.1 Å². The minimum atomic E-state index is -0.234. The Morgan fingerprint density at radius 3 is 2.67 bits per heavy atom. The molecular formula is C15H26N6O2S. The van der Waals surface area contributed by atoms with E-state index in [-0.39, 0.29) is 5.97 Å². The number of carbonyl (C=O) groups excluding carboxylic acids is 1. The number of esters is 1. The van der Waals surface area contributed by atoms with Crippen molar-refractivity contribution >= 4 is 28.6 Å². The fraction of sp³-hybridized carbons (Fsp3) is 0.733. The van der Waals surface area contributed by atoms with Crippen LogP contribution in [0.2, 0.25) is 0 Å². The van der Waals surface area contributed by atoms with Gasteiger partial charge in [0, 0.05) is 50.7 Å². The standard InChI is InChI=1S/C15H26N6O2S/c1-4-12-18-15(24-19-12)21-10-8-20(9-11-21)14(16-5-2)17-7-6-13(22)23-3/h4-11H2,1-3H3,(H,16,17). The Kier molecular flexibility index (Phi) is 7.23. The van der Waals surface area contributed by atoms with E-state index in [2.05, 4.69) is 41.1 Å². The third-order valence-electron chi connectivity index (χ3n) is 3.76. The number of hydrogen-bond donors (Lipinski definition) is 1. The summed E-state index contributed by atoms with van der Waals surface area (Å²) in [5.74, 6) is 1.53. The molecule has 8 nitrogen and oxygen atoms in total. The van der Waals surface area contributed by atoms with Crippen LogP contribution in [0, 0.1) is 0 Å². The van der Waals surface area contributed by atoms with Crippen LogP contribution in [-0.4, -0.2) is 72.6 Å². The SMILES string of the molecule is CCNC(=NCCC(=O)OC)N1CCN(c2nc(CC)ns2)CC1. The number of nitrogens with one attached hydrogen (secondary N) is 1. The molecule has 0 aliphatic carbocycles. The van der Waals surface area contributed by atoms with Crippen molar-refractivity contribution in [3.8, 4) is 0 Å². The summed E-state index contributed by atoms with van der Waals surface area (Å²) < 4.78 is 9.01. The zero-order valence-corrected chi connectivity index (χ0v) is 15.4. The molecule has 0 aromatic carbocycles. The number of aryl methyl sites for hydroxylation is 1. The van der Waals surface area contributed by atoms with Crippen LogP contribution in [0.4, 0.5) is 5.13 Å². The number of aromatic nitrogens is 2. The lowest BCUT2D eigenvalue weighted by Crippen LogP contribution is -2.52. The third-order valence-corrected chi connectivity index (χ3v) is 4.58. The van der Waals surface area contributed by atoms with Gasteiger partial charge in [0.1, 0.15) is 5.82 Å². The summed E-state index contributed by atoms with van der Waals surface area (Å²) in [5.41, 5.74) is 0. The molecule has 9 heteroatoms. The lowest BCUT2D eigenvalue weighted by atomic mass is 10.3. The molecule has 2 heterocycles. The molecule has 1 saturated heterocycles. The molecule has 0 amide bonds. The molecule has 0 unspecified atom stereocenters. The summed E-state index contributed by atoms with van der Waals surface area (Å²) in [6, 6.07) is 0. The van der Waals surface area contributed by atoms with Gasteiger partial charge in [0.25, 0.3) is 0 Å². The molecule has 1 aromatic rings. The van der Waals surface area contributed by atoms with Gasteiger partial charge in [-0.2, -0.15) is 4.37 Å². The summed E-state index contributed by atoms with van der Waals surface area (Å²) in [4.78, 5) is 24.8. The van der Waals surface area contributed by atoms with Gasteiger partial charge in [0.2, 0.25) is 5.13 Å².